The van der Waals surface area contributed by atoms with Crippen LogP contribution in [0.1, 0.15) is 5.56 Å². The maximum absolute atomic E-state index is 5.05. The average molecular weight is 413 g/mol. The molecule has 0 N–H and O–H groups in total. The number of benzene rings is 4. The van der Waals surface area contributed by atoms with E-state index >= 15 is 0 Å². The van der Waals surface area contributed by atoms with E-state index in [4.69, 9.17) is 5.10 Å². The van der Waals surface area contributed by atoms with E-state index in [0.717, 1.165) is 28.5 Å². The molecule has 0 spiro atoms. The van der Waals surface area contributed by atoms with E-state index in [9.17, 15) is 0 Å². The number of nitrogens with zero attached hydrogens (tertiary/aromatic N) is 4. The lowest BCUT2D eigenvalue weighted by Crippen LogP contribution is -2.48. The number of para-hydroxylation sites is 3. The molecule has 0 bridgehead atoms. The Labute approximate surface area is 182 Å². The maximum atomic E-state index is 5.05. The highest BCUT2D eigenvalue weighted by molar-refractivity contribution is 6.13. The first-order valence-electron chi connectivity index (χ1n) is 9.61. The molecular weight excluding hydrogens is 392 g/mol. The largest absolute Gasteiger partial charge is 0.212 e. The number of hydrogen-bond acceptors (Lipinski definition) is 4. The van der Waals surface area contributed by atoms with Gasteiger partial charge in [0, 0.05) is 5.56 Å². The minimum Gasteiger partial charge on any atom is -0.212 e. The summed E-state index contributed by atoms with van der Waals surface area (Å²) in [5.41, 5.74) is 4.10. The monoisotopic (exact) mass is 412 g/mol. The van der Waals surface area contributed by atoms with Crippen molar-refractivity contribution in [2.24, 2.45) is 5.10 Å². The van der Waals surface area contributed by atoms with Gasteiger partial charge < -0.3 is 0 Å². The van der Waals surface area contributed by atoms with Crippen LogP contribution in [0.25, 0.3) is 0 Å². The molecule has 1 aliphatic heterocycles. The van der Waals surface area contributed by atoms with E-state index in [1.807, 2.05) is 77.9 Å². The van der Waals surface area contributed by atoms with Crippen molar-refractivity contribution in [1.29, 1.82) is 0 Å². The van der Waals surface area contributed by atoms with E-state index < -0.39 is 0 Å². The fourth-order valence-corrected chi connectivity index (χ4v) is 3.43. The van der Waals surface area contributed by atoms with Crippen LogP contribution in [0.3, 0.4) is 0 Å². The summed E-state index contributed by atoms with van der Waals surface area (Å²) in [5.74, 6) is 0.865. The molecule has 0 radical (unpaired) electrons. The molecule has 0 saturated heterocycles. The van der Waals surface area contributed by atoms with Gasteiger partial charge in [-0.2, -0.15) is 10.2 Å². The zero-order valence-corrected chi connectivity index (χ0v) is 17.1. The van der Waals surface area contributed by atoms with Crippen LogP contribution in [0.15, 0.2) is 126 Å². The Balaban J connectivity index is 0.00000218. The van der Waals surface area contributed by atoms with Crippen molar-refractivity contribution in [3.63, 3.8) is 0 Å². The molecule has 1 heterocycles. The van der Waals surface area contributed by atoms with Crippen molar-refractivity contribution in [3.8, 4) is 0 Å². The van der Waals surface area contributed by atoms with E-state index in [1.54, 1.807) is 0 Å². The SMILES string of the molecule is Cl.c1ccc(C2=NN(c3ccccc3)N(c3ccccc3)N2c2ccccc2)cc1. The average Bonchev–Trinajstić information content (AvgIpc) is 3.22. The summed E-state index contributed by atoms with van der Waals surface area (Å²) >= 11 is 0. The van der Waals surface area contributed by atoms with E-state index in [1.165, 1.54) is 0 Å². The lowest BCUT2D eigenvalue weighted by atomic mass is 10.2. The van der Waals surface area contributed by atoms with Gasteiger partial charge in [-0.05, 0) is 36.4 Å². The smallest absolute Gasteiger partial charge is 0.183 e. The van der Waals surface area contributed by atoms with Crippen LogP contribution in [0.2, 0.25) is 0 Å². The third-order valence-electron chi connectivity index (χ3n) is 4.77. The summed E-state index contributed by atoms with van der Waals surface area (Å²) in [5, 5.41) is 11.2. The zero-order valence-electron chi connectivity index (χ0n) is 16.2. The number of rotatable bonds is 4. The summed E-state index contributed by atoms with van der Waals surface area (Å²) in [4.78, 5) is 0. The molecular formula is C25H21ClN4. The van der Waals surface area contributed by atoms with Gasteiger partial charge in [-0.1, -0.05) is 84.9 Å². The molecule has 4 nitrogen and oxygen atoms in total. The second-order valence-electron chi connectivity index (χ2n) is 6.69. The van der Waals surface area contributed by atoms with Crippen molar-refractivity contribution in [2.75, 3.05) is 15.2 Å². The van der Waals surface area contributed by atoms with Crippen molar-refractivity contribution in [2.45, 2.75) is 0 Å². The van der Waals surface area contributed by atoms with Crippen LogP contribution >= 0.6 is 12.4 Å². The minimum absolute atomic E-state index is 0. The maximum Gasteiger partial charge on any atom is 0.183 e. The number of hydrazone groups is 1. The standard InChI is InChI=1S/C25H20N4.ClH/c1-5-13-21(14-6-1)25-26-28(23-17-9-3-10-18-23)29(24-19-11-4-12-20-24)27(25)22-15-7-2-8-16-22;/h1-20H;1H. The highest BCUT2D eigenvalue weighted by Crippen LogP contribution is 2.34. The second-order valence-corrected chi connectivity index (χ2v) is 6.69. The quantitative estimate of drug-likeness (QED) is 0.402. The molecule has 0 amide bonds. The first kappa shape index (κ1) is 19.6. The van der Waals surface area contributed by atoms with Gasteiger partial charge in [0.15, 0.2) is 5.84 Å². The van der Waals surface area contributed by atoms with Gasteiger partial charge in [0.2, 0.25) is 0 Å². The zero-order chi connectivity index (χ0) is 19.5. The lowest BCUT2D eigenvalue weighted by Gasteiger charge is -2.35. The second kappa shape index (κ2) is 8.72. The summed E-state index contributed by atoms with van der Waals surface area (Å²) < 4.78 is 0. The van der Waals surface area contributed by atoms with Crippen molar-refractivity contribution in [3.05, 3.63) is 127 Å². The fourth-order valence-electron chi connectivity index (χ4n) is 3.43. The highest BCUT2D eigenvalue weighted by Gasteiger charge is 2.35. The van der Waals surface area contributed by atoms with Crippen LogP contribution in [0.4, 0.5) is 17.1 Å². The highest BCUT2D eigenvalue weighted by atomic mass is 35.5. The van der Waals surface area contributed by atoms with Gasteiger partial charge in [-0.25, -0.2) is 5.01 Å². The topological polar surface area (TPSA) is 22.1 Å². The van der Waals surface area contributed by atoms with Gasteiger partial charge in [0.25, 0.3) is 0 Å². The molecule has 0 aliphatic carbocycles. The molecule has 0 aromatic heterocycles. The number of amidine groups is 1. The Hall–Kier alpha value is -3.76. The molecule has 4 aromatic carbocycles. The first-order chi connectivity index (χ1) is 14.4. The van der Waals surface area contributed by atoms with E-state index in [-0.39, 0.29) is 12.4 Å². The number of hydrazine groups is 2. The van der Waals surface area contributed by atoms with Crippen LogP contribution in [-0.4, -0.2) is 5.84 Å². The third-order valence-corrected chi connectivity index (χ3v) is 4.77. The van der Waals surface area contributed by atoms with E-state index in [0.29, 0.717) is 0 Å². The molecule has 5 heteroatoms. The van der Waals surface area contributed by atoms with E-state index in [2.05, 4.69) is 58.7 Å². The normalized spacial score (nSPS) is 13.1. The predicted octanol–water partition coefficient (Wildman–Crippen LogP) is 6.13. The molecule has 30 heavy (non-hydrogen) atoms. The Morgan fingerprint density at radius 1 is 0.467 bits per heavy atom. The molecule has 5 rings (SSSR count). The van der Waals surface area contributed by atoms with Gasteiger partial charge in [0.1, 0.15) is 0 Å². The summed E-state index contributed by atoms with van der Waals surface area (Å²) in [7, 11) is 0. The predicted molar refractivity (Wildman–Crippen MR) is 127 cm³/mol. The first-order valence-corrected chi connectivity index (χ1v) is 9.61. The molecule has 0 fully saturated rings. The van der Waals surface area contributed by atoms with Crippen LogP contribution in [-0.2, 0) is 0 Å². The summed E-state index contributed by atoms with van der Waals surface area (Å²) in [6.07, 6.45) is 0. The minimum atomic E-state index is 0. The van der Waals surface area contributed by atoms with Crippen molar-refractivity contribution in [1.82, 2.24) is 0 Å². The third kappa shape index (κ3) is 3.61. The van der Waals surface area contributed by atoms with Crippen LogP contribution in [0, 0.1) is 0 Å². The molecule has 0 saturated carbocycles. The molecule has 1 aliphatic rings. The van der Waals surface area contributed by atoms with Gasteiger partial charge in [0.05, 0.1) is 17.1 Å². The molecule has 0 atom stereocenters. The number of halogens is 1. The van der Waals surface area contributed by atoms with Crippen molar-refractivity contribution >= 4 is 35.3 Å². The van der Waals surface area contributed by atoms with Gasteiger partial charge >= 0.3 is 0 Å². The number of hydrogen-bond donors (Lipinski definition) is 0. The number of anilines is 3. The fraction of sp³-hybridized carbons (Fsp3) is 0. The molecule has 148 valence electrons. The van der Waals surface area contributed by atoms with Crippen LogP contribution in [0.5, 0.6) is 0 Å². The van der Waals surface area contributed by atoms with Gasteiger partial charge in [-0.3, -0.25) is 0 Å². The lowest BCUT2D eigenvalue weighted by molar-refractivity contribution is 0.818. The van der Waals surface area contributed by atoms with Gasteiger partial charge in [-0.15, -0.1) is 17.5 Å². The Morgan fingerprint density at radius 2 is 0.900 bits per heavy atom. The Morgan fingerprint density at radius 3 is 1.43 bits per heavy atom. The Kier molecular flexibility index (Phi) is 5.68. The Bertz CT molecular complexity index is 1100. The molecule has 4 aromatic rings. The van der Waals surface area contributed by atoms with Crippen molar-refractivity contribution < 1.29 is 0 Å². The van der Waals surface area contributed by atoms with Crippen LogP contribution < -0.4 is 15.2 Å². The summed E-state index contributed by atoms with van der Waals surface area (Å²) in [6.45, 7) is 0. The molecule has 0 unspecified atom stereocenters. The summed E-state index contributed by atoms with van der Waals surface area (Å²) in [6, 6.07) is 41.1.